The minimum atomic E-state index is -0.0498. The zero-order valence-electron chi connectivity index (χ0n) is 9.94. The van der Waals surface area contributed by atoms with Crippen molar-refractivity contribution in [1.29, 1.82) is 0 Å². The molecule has 0 saturated carbocycles. The van der Waals surface area contributed by atoms with Crippen LogP contribution in [0, 0.1) is 5.92 Å². The van der Waals surface area contributed by atoms with E-state index in [4.69, 9.17) is 5.73 Å². The molecule has 17 heavy (non-hydrogen) atoms. The summed E-state index contributed by atoms with van der Waals surface area (Å²) >= 11 is 3.53. The number of hydrogen-bond donors (Lipinski definition) is 2. The van der Waals surface area contributed by atoms with Crippen molar-refractivity contribution in [2.75, 3.05) is 0 Å². The molecule has 1 heterocycles. The molecule has 0 aliphatic rings. The molecule has 0 saturated heterocycles. The number of rotatable bonds is 3. The molecule has 0 aliphatic heterocycles. The van der Waals surface area contributed by atoms with Gasteiger partial charge < -0.3 is 10.7 Å². The van der Waals surface area contributed by atoms with E-state index in [0.29, 0.717) is 5.92 Å². The number of nitrogens with zero attached hydrogens (tertiary/aromatic N) is 1. The summed E-state index contributed by atoms with van der Waals surface area (Å²) in [5.74, 6) is 1.21. The van der Waals surface area contributed by atoms with Crippen LogP contribution in [0.5, 0.6) is 0 Å². The van der Waals surface area contributed by atoms with Crippen LogP contribution in [0.4, 0.5) is 0 Å². The topological polar surface area (TPSA) is 54.7 Å². The monoisotopic (exact) mass is 293 g/mol. The maximum atomic E-state index is 6.06. The van der Waals surface area contributed by atoms with Gasteiger partial charge in [-0.15, -0.1) is 0 Å². The van der Waals surface area contributed by atoms with E-state index in [-0.39, 0.29) is 6.04 Å². The average molecular weight is 294 g/mol. The van der Waals surface area contributed by atoms with Crippen LogP contribution in [0.1, 0.15) is 25.7 Å². The van der Waals surface area contributed by atoms with E-state index in [2.05, 4.69) is 39.7 Å². The van der Waals surface area contributed by atoms with E-state index in [1.165, 1.54) is 0 Å². The minimum absolute atomic E-state index is 0.0498. The number of aromatic amines is 1. The van der Waals surface area contributed by atoms with Crippen molar-refractivity contribution >= 4 is 15.9 Å². The maximum absolute atomic E-state index is 6.06. The lowest BCUT2D eigenvalue weighted by Crippen LogP contribution is -2.18. The Balaban J connectivity index is 2.34. The highest BCUT2D eigenvalue weighted by molar-refractivity contribution is 9.10. The van der Waals surface area contributed by atoms with Gasteiger partial charge >= 0.3 is 0 Å². The number of aromatic nitrogens is 2. The smallest absolute Gasteiger partial charge is 0.123 e. The first kappa shape index (κ1) is 12.3. The van der Waals surface area contributed by atoms with Crippen molar-refractivity contribution in [3.05, 3.63) is 40.8 Å². The first-order valence-corrected chi connectivity index (χ1v) is 6.44. The maximum Gasteiger partial charge on any atom is 0.123 e. The third-order valence-electron chi connectivity index (χ3n) is 2.79. The molecule has 3 nitrogen and oxygen atoms in total. The van der Waals surface area contributed by atoms with Gasteiger partial charge in [-0.2, -0.15) is 0 Å². The molecule has 1 atom stereocenters. The van der Waals surface area contributed by atoms with Gasteiger partial charge in [0.15, 0.2) is 0 Å². The predicted molar refractivity (Wildman–Crippen MR) is 73.5 cm³/mol. The number of nitrogens with two attached hydrogens (primary N) is 1. The first-order chi connectivity index (χ1) is 8.09. The van der Waals surface area contributed by atoms with Crippen LogP contribution < -0.4 is 5.73 Å². The second-order valence-corrected chi connectivity index (χ2v) is 5.29. The summed E-state index contributed by atoms with van der Waals surface area (Å²) in [6, 6.07) is 8.00. The summed E-state index contributed by atoms with van der Waals surface area (Å²) in [6.45, 7) is 4.18. The summed E-state index contributed by atoms with van der Waals surface area (Å²) in [5.41, 5.74) is 8.15. The van der Waals surface area contributed by atoms with Gasteiger partial charge in [0.1, 0.15) is 5.82 Å². The fraction of sp³-hybridized carbons (Fsp3) is 0.308. The van der Waals surface area contributed by atoms with Crippen molar-refractivity contribution in [3.8, 4) is 11.3 Å². The van der Waals surface area contributed by atoms with Gasteiger partial charge in [-0.1, -0.05) is 48.0 Å². The van der Waals surface area contributed by atoms with Gasteiger partial charge in [-0.25, -0.2) is 4.98 Å². The van der Waals surface area contributed by atoms with Crippen molar-refractivity contribution in [3.63, 3.8) is 0 Å². The molecular formula is C13H16BrN3. The zero-order valence-corrected chi connectivity index (χ0v) is 11.5. The summed E-state index contributed by atoms with van der Waals surface area (Å²) in [5, 5.41) is 0. The van der Waals surface area contributed by atoms with E-state index in [9.17, 15) is 0 Å². The Hall–Kier alpha value is -1.13. The summed E-state index contributed by atoms with van der Waals surface area (Å²) in [4.78, 5) is 7.64. The predicted octanol–water partition coefficient (Wildman–Crippen LogP) is 3.50. The Bertz CT molecular complexity index is 505. The van der Waals surface area contributed by atoms with Gasteiger partial charge in [-0.3, -0.25) is 0 Å². The molecule has 0 amide bonds. The molecule has 2 aromatic rings. The Kier molecular flexibility index (Phi) is 3.64. The standard InChI is InChI=1S/C13H16BrN3/c1-8(2)12(15)13-16-7-11(17-13)9-5-3-4-6-10(9)14/h3-8,12H,15H2,1-2H3,(H,16,17). The molecule has 0 spiro atoms. The van der Waals surface area contributed by atoms with Gasteiger partial charge in [-0.05, 0) is 12.0 Å². The number of hydrogen-bond acceptors (Lipinski definition) is 2. The SMILES string of the molecule is CC(C)C(N)c1ncc(-c2ccccc2Br)[nH]1. The first-order valence-electron chi connectivity index (χ1n) is 5.65. The largest absolute Gasteiger partial charge is 0.341 e. The van der Waals surface area contributed by atoms with Crippen LogP contribution in [-0.4, -0.2) is 9.97 Å². The molecule has 0 fully saturated rings. The van der Waals surface area contributed by atoms with Crippen LogP contribution in [-0.2, 0) is 0 Å². The zero-order chi connectivity index (χ0) is 12.4. The molecule has 1 aromatic heterocycles. The van der Waals surface area contributed by atoms with Crippen molar-refractivity contribution in [2.24, 2.45) is 11.7 Å². The Morgan fingerprint density at radius 3 is 2.65 bits per heavy atom. The lowest BCUT2D eigenvalue weighted by atomic mass is 10.1. The van der Waals surface area contributed by atoms with Crippen LogP contribution in [0.3, 0.4) is 0 Å². The molecule has 90 valence electrons. The summed E-state index contributed by atoms with van der Waals surface area (Å²) < 4.78 is 1.05. The lowest BCUT2D eigenvalue weighted by molar-refractivity contribution is 0.494. The van der Waals surface area contributed by atoms with Gasteiger partial charge in [0, 0.05) is 10.0 Å². The highest BCUT2D eigenvalue weighted by atomic mass is 79.9. The minimum Gasteiger partial charge on any atom is -0.341 e. The Labute approximate surface area is 110 Å². The molecule has 3 N–H and O–H groups in total. The fourth-order valence-corrected chi connectivity index (χ4v) is 2.14. The van der Waals surface area contributed by atoms with Crippen molar-refractivity contribution < 1.29 is 0 Å². The third kappa shape index (κ3) is 2.58. The number of halogens is 1. The molecule has 0 aliphatic carbocycles. The van der Waals surface area contributed by atoms with E-state index in [1.807, 2.05) is 30.5 Å². The number of H-pyrrole nitrogens is 1. The fourth-order valence-electron chi connectivity index (χ4n) is 1.64. The quantitative estimate of drug-likeness (QED) is 0.910. The summed E-state index contributed by atoms with van der Waals surface area (Å²) in [6.07, 6.45) is 1.83. The number of nitrogens with one attached hydrogen (secondary N) is 1. The van der Waals surface area contributed by atoms with Crippen LogP contribution in [0.25, 0.3) is 11.3 Å². The summed E-state index contributed by atoms with van der Waals surface area (Å²) in [7, 11) is 0. The number of benzene rings is 1. The van der Waals surface area contributed by atoms with Crippen LogP contribution >= 0.6 is 15.9 Å². The van der Waals surface area contributed by atoms with Crippen LogP contribution in [0.2, 0.25) is 0 Å². The molecule has 1 aromatic carbocycles. The Morgan fingerprint density at radius 1 is 1.29 bits per heavy atom. The highest BCUT2D eigenvalue weighted by Crippen LogP contribution is 2.27. The molecule has 1 unspecified atom stereocenters. The number of imidazole rings is 1. The van der Waals surface area contributed by atoms with E-state index >= 15 is 0 Å². The van der Waals surface area contributed by atoms with Crippen molar-refractivity contribution in [2.45, 2.75) is 19.9 Å². The van der Waals surface area contributed by atoms with Gasteiger partial charge in [0.05, 0.1) is 17.9 Å². The molecule has 0 bridgehead atoms. The third-order valence-corrected chi connectivity index (χ3v) is 3.48. The Morgan fingerprint density at radius 2 is 2.00 bits per heavy atom. The van der Waals surface area contributed by atoms with Crippen LogP contribution in [0.15, 0.2) is 34.9 Å². The second kappa shape index (κ2) is 5.02. The van der Waals surface area contributed by atoms with E-state index in [1.54, 1.807) is 0 Å². The molecular weight excluding hydrogens is 278 g/mol. The van der Waals surface area contributed by atoms with Gasteiger partial charge in [0.2, 0.25) is 0 Å². The highest BCUT2D eigenvalue weighted by Gasteiger charge is 2.15. The van der Waals surface area contributed by atoms with E-state index in [0.717, 1.165) is 21.6 Å². The lowest BCUT2D eigenvalue weighted by Gasteiger charge is -2.12. The normalized spacial score (nSPS) is 13.0. The van der Waals surface area contributed by atoms with Gasteiger partial charge in [0.25, 0.3) is 0 Å². The van der Waals surface area contributed by atoms with Crippen molar-refractivity contribution in [1.82, 2.24) is 9.97 Å². The molecule has 4 heteroatoms. The molecule has 0 radical (unpaired) electrons. The molecule has 2 rings (SSSR count). The van der Waals surface area contributed by atoms with E-state index < -0.39 is 0 Å². The average Bonchev–Trinajstić information content (AvgIpc) is 2.77. The second-order valence-electron chi connectivity index (χ2n) is 4.43.